The van der Waals surface area contributed by atoms with Gasteiger partial charge in [0.2, 0.25) is 23.6 Å². The predicted octanol–water partition coefficient (Wildman–Crippen LogP) is 7.45. The van der Waals surface area contributed by atoms with Gasteiger partial charge in [-0.1, -0.05) is 61.9 Å². The molecule has 7 rings (SSSR count). The van der Waals surface area contributed by atoms with Crippen molar-refractivity contribution in [2.75, 3.05) is 11.9 Å². The molecular weight excluding hydrogens is 616 g/mol. The number of allylic oxidation sites excluding steroid dienone is 1. The summed E-state index contributed by atoms with van der Waals surface area (Å²) >= 11 is 0. The Bertz CT molecular complexity index is 1950. The zero-order chi connectivity index (χ0) is 34.6. The van der Waals surface area contributed by atoms with Crippen LogP contribution in [0.25, 0.3) is 0 Å². The number of likely N-dealkylation sites (tertiary alicyclic amines) is 1. The summed E-state index contributed by atoms with van der Waals surface area (Å²) in [7, 11) is 1.46. The monoisotopic (exact) mass is 654 g/mol. The molecule has 0 bridgehead atoms. The van der Waals surface area contributed by atoms with Gasteiger partial charge in [-0.2, -0.15) is 0 Å². The SMILES string of the molecule is C=CC1C2C(=O)N(C)C(=O)C2CC2C(=O)N(c3ccc(Oc4ccc(C(C)(C)c5ccc(Oc6ccc(C)cc6)cc5)cc4)cc3)C(=O)C21. The van der Waals surface area contributed by atoms with Gasteiger partial charge >= 0.3 is 0 Å². The van der Waals surface area contributed by atoms with Crippen LogP contribution in [0.5, 0.6) is 23.0 Å². The van der Waals surface area contributed by atoms with Crippen LogP contribution in [0.2, 0.25) is 0 Å². The molecule has 3 aliphatic rings. The van der Waals surface area contributed by atoms with Crippen molar-refractivity contribution in [1.82, 2.24) is 4.90 Å². The molecule has 3 fully saturated rings. The normalized spacial score (nSPS) is 23.4. The minimum absolute atomic E-state index is 0.178. The molecule has 2 saturated heterocycles. The van der Waals surface area contributed by atoms with Gasteiger partial charge in [0.05, 0.1) is 29.4 Å². The number of rotatable bonds is 8. The topological polar surface area (TPSA) is 93.2 Å². The Balaban J connectivity index is 1.02. The maximum absolute atomic E-state index is 13.7. The van der Waals surface area contributed by atoms with Gasteiger partial charge in [0.25, 0.3) is 0 Å². The number of amides is 4. The molecule has 248 valence electrons. The molecule has 0 aromatic heterocycles. The van der Waals surface area contributed by atoms with E-state index < -0.39 is 29.6 Å². The van der Waals surface area contributed by atoms with E-state index in [0.29, 0.717) is 17.2 Å². The number of hydrogen-bond acceptors (Lipinski definition) is 6. The van der Waals surface area contributed by atoms with Gasteiger partial charge in [-0.25, -0.2) is 0 Å². The fourth-order valence-corrected chi connectivity index (χ4v) is 7.65. The second-order valence-electron chi connectivity index (χ2n) is 13.7. The molecule has 8 heteroatoms. The van der Waals surface area contributed by atoms with Crippen molar-refractivity contribution >= 4 is 29.3 Å². The Morgan fingerprint density at radius 3 is 1.55 bits per heavy atom. The first kappa shape index (κ1) is 32.1. The summed E-state index contributed by atoms with van der Waals surface area (Å²) in [6.07, 6.45) is 1.74. The van der Waals surface area contributed by atoms with Gasteiger partial charge in [-0.3, -0.25) is 29.0 Å². The van der Waals surface area contributed by atoms with Gasteiger partial charge in [0, 0.05) is 18.4 Å². The first-order chi connectivity index (χ1) is 23.5. The lowest BCUT2D eigenvalue weighted by atomic mass is 9.63. The molecule has 0 N–H and O–H groups in total. The van der Waals surface area contributed by atoms with E-state index in [1.54, 1.807) is 30.3 Å². The van der Waals surface area contributed by atoms with E-state index in [2.05, 4.69) is 32.6 Å². The highest BCUT2D eigenvalue weighted by atomic mass is 16.5. The van der Waals surface area contributed by atoms with Gasteiger partial charge in [0.15, 0.2) is 0 Å². The molecule has 0 radical (unpaired) electrons. The number of ether oxygens (including phenoxy) is 2. The number of aryl methyl sites for hydroxylation is 1. The van der Waals surface area contributed by atoms with E-state index in [4.69, 9.17) is 9.47 Å². The molecule has 4 amide bonds. The van der Waals surface area contributed by atoms with Gasteiger partial charge in [-0.15, -0.1) is 6.58 Å². The highest BCUT2D eigenvalue weighted by molar-refractivity contribution is 6.23. The van der Waals surface area contributed by atoms with E-state index in [9.17, 15) is 19.2 Å². The number of imide groups is 2. The first-order valence-electron chi connectivity index (χ1n) is 16.5. The number of nitrogens with zero attached hydrogens (tertiary/aromatic N) is 2. The van der Waals surface area contributed by atoms with Crippen LogP contribution in [-0.4, -0.2) is 35.6 Å². The third-order valence-corrected chi connectivity index (χ3v) is 10.5. The smallest absolute Gasteiger partial charge is 0.238 e. The molecular formula is C41H38N2O6. The van der Waals surface area contributed by atoms with Crippen molar-refractivity contribution < 1.29 is 28.7 Å². The van der Waals surface area contributed by atoms with Crippen molar-refractivity contribution in [3.63, 3.8) is 0 Å². The van der Waals surface area contributed by atoms with Crippen molar-refractivity contribution in [2.24, 2.45) is 29.6 Å². The number of anilines is 1. The number of hydrogen-bond donors (Lipinski definition) is 0. The lowest BCUT2D eigenvalue weighted by molar-refractivity contribution is -0.138. The molecule has 5 unspecified atom stereocenters. The molecule has 2 aliphatic heterocycles. The number of carbonyl (C=O) groups is 4. The van der Waals surface area contributed by atoms with E-state index in [1.807, 2.05) is 67.6 Å². The molecule has 0 spiro atoms. The highest BCUT2D eigenvalue weighted by Gasteiger charge is 2.63. The summed E-state index contributed by atoms with van der Waals surface area (Å²) in [4.78, 5) is 55.2. The van der Waals surface area contributed by atoms with E-state index >= 15 is 0 Å². The predicted molar refractivity (Wildman–Crippen MR) is 185 cm³/mol. The number of carbonyl (C=O) groups excluding carboxylic acids is 4. The van der Waals surface area contributed by atoms with Gasteiger partial charge < -0.3 is 9.47 Å². The molecule has 1 aliphatic carbocycles. The minimum atomic E-state index is -0.724. The van der Waals surface area contributed by atoms with Crippen molar-refractivity contribution in [2.45, 2.75) is 32.6 Å². The zero-order valence-corrected chi connectivity index (χ0v) is 28.0. The number of fused-ring (bicyclic) bond motifs is 2. The molecule has 4 aromatic carbocycles. The second kappa shape index (κ2) is 12.2. The lowest BCUT2D eigenvalue weighted by Crippen LogP contribution is -2.42. The summed E-state index contributed by atoms with van der Waals surface area (Å²) in [5, 5.41) is 0. The Hall–Kier alpha value is -5.50. The Kier molecular flexibility index (Phi) is 7.98. The highest BCUT2D eigenvalue weighted by Crippen LogP contribution is 2.52. The molecule has 8 nitrogen and oxygen atoms in total. The lowest BCUT2D eigenvalue weighted by Gasteiger charge is -2.35. The van der Waals surface area contributed by atoms with E-state index in [1.165, 1.54) is 17.5 Å². The minimum Gasteiger partial charge on any atom is -0.457 e. The third-order valence-electron chi connectivity index (χ3n) is 10.5. The average molecular weight is 655 g/mol. The third kappa shape index (κ3) is 5.51. The molecule has 49 heavy (non-hydrogen) atoms. The fraction of sp³-hybridized carbons (Fsp3) is 0.268. The zero-order valence-electron chi connectivity index (χ0n) is 28.0. The maximum atomic E-state index is 13.7. The Morgan fingerprint density at radius 2 is 1.06 bits per heavy atom. The molecule has 5 atom stereocenters. The second-order valence-corrected chi connectivity index (χ2v) is 13.7. The van der Waals surface area contributed by atoms with E-state index in [-0.39, 0.29) is 35.5 Å². The molecule has 2 heterocycles. The van der Waals surface area contributed by atoms with Crippen LogP contribution in [0.3, 0.4) is 0 Å². The van der Waals surface area contributed by atoms with Gasteiger partial charge in [0.1, 0.15) is 23.0 Å². The average Bonchev–Trinajstić information content (AvgIpc) is 3.48. The summed E-state index contributed by atoms with van der Waals surface area (Å²) in [5.74, 6) is -1.82. The van der Waals surface area contributed by atoms with Crippen LogP contribution in [0.15, 0.2) is 110 Å². The summed E-state index contributed by atoms with van der Waals surface area (Å²) < 4.78 is 12.1. The first-order valence-corrected chi connectivity index (χ1v) is 16.5. The molecule has 4 aromatic rings. The quantitative estimate of drug-likeness (QED) is 0.145. The molecule has 1 saturated carbocycles. The Labute approximate surface area is 285 Å². The van der Waals surface area contributed by atoms with Crippen LogP contribution in [0.1, 0.15) is 37.0 Å². The summed E-state index contributed by atoms with van der Waals surface area (Å²) in [6, 6.07) is 30.8. The van der Waals surface area contributed by atoms with Crippen LogP contribution < -0.4 is 14.4 Å². The van der Waals surface area contributed by atoms with Crippen LogP contribution in [0, 0.1) is 36.5 Å². The van der Waals surface area contributed by atoms with Crippen LogP contribution in [0.4, 0.5) is 5.69 Å². The fourth-order valence-electron chi connectivity index (χ4n) is 7.65. The summed E-state index contributed by atoms with van der Waals surface area (Å²) in [6.45, 7) is 10.3. The number of benzene rings is 4. The maximum Gasteiger partial charge on any atom is 0.238 e. The van der Waals surface area contributed by atoms with Crippen molar-refractivity contribution in [3.8, 4) is 23.0 Å². The van der Waals surface area contributed by atoms with Crippen molar-refractivity contribution in [1.29, 1.82) is 0 Å². The summed E-state index contributed by atoms with van der Waals surface area (Å²) in [5.41, 5.74) is 3.60. The largest absolute Gasteiger partial charge is 0.457 e. The van der Waals surface area contributed by atoms with Crippen LogP contribution >= 0.6 is 0 Å². The standard InChI is InChI=1S/C41H38N2O6/c1-6-32-35-33(37(44)42(5)39(35)46)23-34-36(32)40(47)43(38(34)45)27-13-21-31(22-14-27)49-30-19-11-26(12-20-30)41(3,4)25-9-17-29(18-10-25)48-28-15-7-24(2)8-16-28/h6-22,32-36H,1,23H2,2-5H3. The van der Waals surface area contributed by atoms with E-state index in [0.717, 1.165) is 27.5 Å². The van der Waals surface area contributed by atoms with Crippen molar-refractivity contribution in [3.05, 3.63) is 126 Å². The van der Waals surface area contributed by atoms with Crippen LogP contribution in [-0.2, 0) is 24.6 Å². The Morgan fingerprint density at radius 1 is 0.633 bits per heavy atom. The van der Waals surface area contributed by atoms with Gasteiger partial charge in [-0.05, 0) is 85.1 Å².